The van der Waals surface area contributed by atoms with Gasteiger partial charge in [-0.3, -0.25) is 9.78 Å². The molecule has 1 aliphatic heterocycles. The predicted molar refractivity (Wildman–Crippen MR) is 88.7 cm³/mol. The lowest BCUT2D eigenvalue weighted by molar-refractivity contribution is -0.122. The zero-order valence-corrected chi connectivity index (χ0v) is 13.8. The van der Waals surface area contributed by atoms with E-state index in [0.29, 0.717) is 13.2 Å². The van der Waals surface area contributed by atoms with E-state index in [4.69, 9.17) is 4.74 Å². The van der Waals surface area contributed by atoms with E-state index in [-0.39, 0.29) is 29.9 Å². The highest BCUT2D eigenvalue weighted by Crippen LogP contribution is 2.29. The third-order valence-corrected chi connectivity index (χ3v) is 4.46. The number of ether oxygens (including phenoxy) is 1. The number of nitrogens with one attached hydrogen (secondary N) is 1. The fourth-order valence-electron chi connectivity index (χ4n) is 3.14. The lowest BCUT2D eigenvalue weighted by Gasteiger charge is -2.31. The molecule has 1 N–H and O–H groups in total. The zero-order valence-electron chi connectivity index (χ0n) is 13.8. The fraction of sp³-hybridized carbons (Fsp3) is 0.368. The number of pyridine rings is 1. The van der Waals surface area contributed by atoms with E-state index in [9.17, 15) is 13.6 Å². The average molecular weight is 346 g/mol. The van der Waals surface area contributed by atoms with Crippen LogP contribution in [0.25, 0.3) is 0 Å². The van der Waals surface area contributed by atoms with Crippen LogP contribution in [0.5, 0.6) is 0 Å². The van der Waals surface area contributed by atoms with Gasteiger partial charge >= 0.3 is 0 Å². The first-order valence-corrected chi connectivity index (χ1v) is 8.34. The Bertz CT molecular complexity index is 719. The van der Waals surface area contributed by atoms with E-state index in [1.54, 1.807) is 12.4 Å². The van der Waals surface area contributed by atoms with Gasteiger partial charge in [-0.2, -0.15) is 0 Å². The molecule has 1 aliphatic rings. The number of rotatable bonds is 5. The van der Waals surface area contributed by atoms with Crippen LogP contribution in [0.3, 0.4) is 0 Å². The van der Waals surface area contributed by atoms with Crippen LogP contribution < -0.4 is 5.32 Å². The summed E-state index contributed by atoms with van der Waals surface area (Å²) in [6, 6.07) is 6.80. The molecule has 0 radical (unpaired) electrons. The second kappa shape index (κ2) is 8.16. The standard InChI is InChI=1S/C19H20F2N2O2/c20-16-4-3-14(17(21)11-16)10-18(24)23-19(13-5-8-25-9-6-13)15-2-1-7-22-12-15/h1-4,7,11-13,19H,5-6,8-10H2,(H,23,24)/t19-/m1/s1. The van der Waals surface area contributed by atoms with Gasteiger partial charge in [0, 0.05) is 31.7 Å². The molecule has 4 nitrogen and oxygen atoms in total. The molecular formula is C19H20F2N2O2. The number of hydrogen-bond donors (Lipinski definition) is 1. The minimum Gasteiger partial charge on any atom is -0.381 e. The van der Waals surface area contributed by atoms with Crippen LogP contribution >= 0.6 is 0 Å². The Kier molecular flexibility index (Phi) is 5.71. The number of nitrogens with zero attached hydrogens (tertiary/aromatic N) is 1. The summed E-state index contributed by atoms with van der Waals surface area (Å²) in [7, 11) is 0. The van der Waals surface area contributed by atoms with Gasteiger partial charge in [0.1, 0.15) is 11.6 Å². The molecule has 0 bridgehead atoms. The summed E-state index contributed by atoms with van der Waals surface area (Å²) in [5.41, 5.74) is 1.10. The average Bonchev–Trinajstić information content (AvgIpc) is 2.63. The van der Waals surface area contributed by atoms with Crippen molar-refractivity contribution in [3.63, 3.8) is 0 Å². The maximum atomic E-state index is 13.8. The quantitative estimate of drug-likeness (QED) is 0.905. The van der Waals surface area contributed by atoms with Gasteiger partial charge in [-0.25, -0.2) is 8.78 Å². The second-order valence-corrected chi connectivity index (χ2v) is 6.19. The molecule has 2 aromatic rings. The minimum absolute atomic E-state index is 0.133. The third-order valence-electron chi connectivity index (χ3n) is 4.46. The molecular weight excluding hydrogens is 326 g/mol. The predicted octanol–water partition coefficient (Wildman–Crippen LogP) is 3.19. The first-order chi connectivity index (χ1) is 12.1. The Morgan fingerprint density at radius 1 is 1.28 bits per heavy atom. The van der Waals surface area contributed by atoms with Crippen molar-refractivity contribution in [2.75, 3.05) is 13.2 Å². The van der Waals surface area contributed by atoms with Crippen molar-refractivity contribution < 1.29 is 18.3 Å². The van der Waals surface area contributed by atoms with Crippen molar-refractivity contribution in [2.45, 2.75) is 25.3 Å². The molecule has 0 spiro atoms. The van der Waals surface area contributed by atoms with Crippen molar-refractivity contribution in [1.82, 2.24) is 10.3 Å². The van der Waals surface area contributed by atoms with Gasteiger partial charge in [0.25, 0.3) is 0 Å². The highest BCUT2D eigenvalue weighted by atomic mass is 19.1. The second-order valence-electron chi connectivity index (χ2n) is 6.19. The lowest BCUT2D eigenvalue weighted by Crippen LogP contribution is -2.37. The Labute approximate surface area is 145 Å². The molecule has 1 amide bonds. The minimum atomic E-state index is -0.709. The van der Waals surface area contributed by atoms with Crippen LogP contribution in [-0.2, 0) is 16.0 Å². The number of halogens is 2. The smallest absolute Gasteiger partial charge is 0.225 e. The fourth-order valence-corrected chi connectivity index (χ4v) is 3.14. The van der Waals surface area contributed by atoms with E-state index in [1.165, 1.54) is 6.07 Å². The molecule has 0 saturated carbocycles. The van der Waals surface area contributed by atoms with Crippen LogP contribution in [0.1, 0.15) is 30.0 Å². The molecule has 1 aromatic carbocycles. The molecule has 6 heteroatoms. The summed E-state index contributed by atoms with van der Waals surface area (Å²) in [6.45, 7) is 1.31. The molecule has 3 rings (SSSR count). The molecule has 0 aliphatic carbocycles. The summed E-state index contributed by atoms with van der Waals surface area (Å²) in [6.07, 6.45) is 4.96. The molecule has 132 valence electrons. The Hall–Kier alpha value is -2.34. The van der Waals surface area contributed by atoms with Crippen LogP contribution in [-0.4, -0.2) is 24.1 Å². The summed E-state index contributed by atoms with van der Waals surface area (Å²) in [5, 5.41) is 3.00. The highest BCUT2D eigenvalue weighted by molar-refractivity contribution is 5.79. The van der Waals surface area contributed by atoms with Crippen molar-refractivity contribution in [1.29, 1.82) is 0 Å². The maximum absolute atomic E-state index is 13.8. The van der Waals surface area contributed by atoms with E-state index < -0.39 is 11.6 Å². The molecule has 0 unspecified atom stereocenters. The normalized spacial score (nSPS) is 16.4. The number of hydrogen-bond acceptors (Lipinski definition) is 3. The highest BCUT2D eigenvalue weighted by Gasteiger charge is 2.27. The van der Waals surface area contributed by atoms with E-state index in [0.717, 1.165) is 30.5 Å². The first-order valence-electron chi connectivity index (χ1n) is 8.34. The molecule has 1 fully saturated rings. The molecule has 1 saturated heterocycles. The Morgan fingerprint density at radius 2 is 2.08 bits per heavy atom. The van der Waals surface area contributed by atoms with E-state index >= 15 is 0 Å². The molecule has 1 aromatic heterocycles. The number of carbonyl (C=O) groups excluding carboxylic acids is 1. The largest absolute Gasteiger partial charge is 0.381 e. The third kappa shape index (κ3) is 4.60. The van der Waals surface area contributed by atoms with Gasteiger partial charge < -0.3 is 10.1 Å². The number of aromatic nitrogens is 1. The van der Waals surface area contributed by atoms with E-state index in [2.05, 4.69) is 10.3 Å². The van der Waals surface area contributed by atoms with Crippen LogP contribution in [0.4, 0.5) is 8.78 Å². The van der Waals surface area contributed by atoms with Gasteiger partial charge in [0.05, 0.1) is 12.5 Å². The van der Waals surface area contributed by atoms with E-state index in [1.807, 2.05) is 12.1 Å². The van der Waals surface area contributed by atoms with Gasteiger partial charge in [-0.1, -0.05) is 12.1 Å². The number of amides is 1. The summed E-state index contributed by atoms with van der Waals surface area (Å²) < 4.78 is 32.2. The van der Waals surface area contributed by atoms with Crippen molar-refractivity contribution in [2.24, 2.45) is 5.92 Å². The van der Waals surface area contributed by atoms with Crippen molar-refractivity contribution in [3.8, 4) is 0 Å². The van der Waals surface area contributed by atoms with Crippen LogP contribution in [0.2, 0.25) is 0 Å². The van der Waals surface area contributed by atoms with Gasteiger partial charge in [0.15, 0.2) is 0 Å². The van der Waals surface area contributed by atoms with Gasteiger partial charge in [-0.15, -0.1) is 0 Å². The number of carbonyl (C=O) groups is 1. The summed E-state index contributed by atoms with van der Waals surface area (Å²) in [4.78, 5) is 16.6. The molecule has 25 heavy (non-hydrogen) atoms. The first kappa shape index (κ1) is 17.5. The maximum Gasteiger partial charge on any atom is 0.225 e. The Balaban J connectivity index is 1.73. The monoisotopic (exact) mass is 346 g/mol. The zero-order chi connectivity index (χ0) is 17.6. The SMILES string of the molecule is O=C(Cc1ccc(F)cc1F)N[C@@H](c1cccnc1)C1CCOCC1. The molecule has 1 atom stereocenters. The number of benzene rings is 1. The Morgan fingerprint density at radius 3 is 2.76 bits per heavy atom. The lowest BCUT2D eigenvalue weighted by atomic mass is 9.87. The topological polar surface area (TPSA) is 51.2 Å². The summed E-state index contributed by atoms with van der Waals surface area (Å²) >= 11 is 0. The van der Waals surface area contributed by atoms with Crippen LogP contribution in [0.15, 0.2) is 42.7 Å². The van der Waals surface area contributed by atoms with Crippen molar-refractivity contribution in [3.05, 3.63) is 65.5 Å². The van der Waals surface area contributed by atoms with Gasteiger partial charge in [-0.05, 0) is 42.0 Å². The van der Waals surface area contributed by atoms with Crippen molar-refractivity contribution >= 4 is 5.91 Å². The summed E-state index contributed by atoms with van der Waals surface area (Å²) in [5.74, 6) is -1.43. The van der Waals surface area contributed by atoms with Crippen LogP contribution in [0, 0.1) is 17.6 Å². The van der Waals surface area contributed by atoms with Gasteiger partial charge in [0.2, 0.25) is 5.91 Å². The molecule has 2 heterocycles.